The summed E-state index contributed by atoms with van der Waals surface area (Å²) in [7, 11) is -3.63. The number of amides is 4. The number of nitrogens with zero attached hydrogens (tertiary/aromatic N) is 2. The van der Waals surface area contributed by atoms with Crippen LogP contribution in [0.5, 0.6) is 0 Å². The predicted molar refractivity (Wildman–Crippen MR) is 142 cm³/mol. The molecule has 37 heavy (non-hydrogen) atoms. The summed E-state index contributed by atoms with van der Waals surface area (Å²) in [6.07, 6.45) is 5.34. The number of hydrogen-bond donors (Lipinski definition) is 3. The Kier molecular flexibility index (Phi) is 8.63. The molecule has 1 saturated heterocycles. The normalized spacial score (nSPS) is 17.0. The van der Waals surface area contributed by atoms with E-state index < -0.39 is 27.9 Å². The monoisotopic (exact) mass is 547 g/mol. The Morgan fingerprint density at radius 2 is 1.68 bits per heavy atom. The summed E-state index contributed by atoms with van der Waals surface area (Å²) in [4.78, 5) is 40.7. The van der Waals surface area contributed by atoms with Crippen molar-refractivity contribution >= 4 is 44.2 Å². The second-order valence-corrected chi connectivity index (χ2v) is 12.4. The molecule has 1 fully saturated rings. The van der Waals surface area contributed by atoms with E-state index in [1.165, 1.54) is 39.9 Å². The van der Waals surface area contributed by atoms with Crippen molar-refractivity contribution in [2.24, 2.45) is 5.73 Å². The lowest BCUT2D eigenvalue weighted by atomic mass is 10.0. The largest absolute Gasteiger partial charge is 0.351 e. The number of thiophene rings is 1. The van der Waals surface area contributed by atoms with Gasteiger partial charge in [-0.05, 0) is 62.1 Å². The van der Waals surface area contributed by atoms with Gasteiger partial charge in [0, 0.05) is 36.6 Å². The third kappa shape index (κ3) is 6.20. The summed E-state index contributed by atoms with van der Waals surface area (Å²) < 4.78 is 27.6. The molecule has 3 heterocycles. The minimum Gasteiger partial charge on any atom is -0.351 e. The van der Waals surface area contributed by atoms with Gasteiger partial charge >= 0.3 is 6.03 Å². The molecule has 0 atom stereocenters. The molecule has 0 unspecified atom stereocenters. The summed E-state index contributed by atoms with van der Waals surface area (Å²) in [6.45, 7) is 5.46. The van der Waals surface area contributed by atoms with E-state index in [0.717, 1.165) is 55.6 Å². The van der Waals surface area contributed by atoms with E-state index in [-0.39, 0.29) is 16.0 Å². The molecule has 4 N–H and O–H groups in total. The zero-order valence-electron chi connectivity index (χ0n) is 20.9. The number of carbonyl (C=O) groups excluding carboxylic acids is 3. The Labute approximate surface area is 221 Å². The van der Waals surface area contributed by atoms with Crippen LogP contribution in [-0.4, -0.2) is 61.6 Å². The second-order valence-electron chi connectivity index (χ2n) is 9.35. The minimum absolute atomic E-state index is 0.148. The van der Waals surface area contributed by atoms with Crippen molar-refractivity contribution in [1.29, 1.82) is 0 Å². The number of sulfonamides is 1. The van der Waals surface area contributed by atoms with Crippen LogP contribution in [0.4, 0.5) is 9.80 Å². The maximum atomic E-state index is 13.1. The highest BCUT2D eigenvalue weighted by Gasteiger charge is 2.30. The number of urea groups is 1. The Morgan fingerprint density at radius 1 is 1.00 bits per heavy atom. The second kappa shape index (κ2) is 11.7. The number of hydrogen-bond acceptors (Lipinski definition) is 7. The molecular weight excluding hydrogens is 514 g/mol. The topological polar surface area (TPSA) is 142 Å². The number of benzene rings is 1. The zero-order valence-corrected chi connectivity index (χ0v) is 22.6. The Bertz CT molecular complexity index is 1270. The van der Waals surface area contributed by atoms with Crippen LogP contribution in [0.25, 0.3) is 0 Å². The van der Waals surface area contributed by atoms with Gasteiger partial charge in [0.05, 0.1) is 10.5 Å². The molecule has 1 aromatic heterocycles. The van der Waals surface area contributed by atoms with E-state index in [4.69, 9.17) is 5.73 Å². The van der Waals surface area contributed by atoms with Crippen LogP contribution in [0.2, 0.25) is 0 Å². The van der Waals surface area contributed by atoms with E-state index in [1.54, 1.807) is 0 Å². The average molecular weight is 548 g/mol. The van der Waals surface area contributed by atoms with Gasteiger partial charge in [-0.3, -0.25) is 19.8 Å². The van der Waals surface area contributed by atoms with Crippen LogP contribution in [-0.2, 0) is 23.0 Å². The fourth-order valence-corrected chi connectivity index (χ4v) is 7.65. The number of nitrogens with one attached hydrogen (secondary N) is 2. The summed E-state index contributed by atoms with van der Waals surface area (Å²) in [5.74, 6) is -1.13. The average Bonchev–Trinajstić information content (AvgIpc) is 3.01. The summed E-state index contributed by atoms with van der Waals surface area (Å²) in [5, 5.41) is 5.26. The highest BCUT2D eigenvalue weighted by molar-refractivity contribution is 7.89. The van der Waals surface area contributed by atoms with E-state index in [0.29, 0.717) is 31.1 Å². The molecule has 1 aromatic carbocycles. The number of nitrogens with two attached hydrogens (primary N) is 1. The molecule has 0 bridgehead atoms. The van der Waals surface area contributed by atoms with Gasteiger partial charge in [-0.2, -0.15) is 4.31 Å². The van der Waals surface area contributed by atoms with E-state index in [2.05, 4.69) is 22.5 Å². The molecule has 10 nitrogen and oxygen atoms in total. The molecule has 0 aliphatic carbocycles. The van der Waals surface area contributed by atoms with Crippen molar-refractivity contribution in [1.82, 2.24) is 14.5 Å². The molecule has 2 aliphatic heterocycles. The standard InChI is InChI=1S/C25H33N5O5S2/c1-2-12-29-15-11-19-20(16-29)36-24(21(19)23(32)28-25(26)33)27-22(31)17-7-9-18(10-8-17)37(34,35)30-13-5-3-4-6-14-30/h7-10H,2-6,11-16H2,1H3,(H,27,31)(H3,26,28,32,33). The number of imide groups is 1. The first-order valence-electron chi connectivity index (χ1n) is 12.6. The lowest BCUT2D eigenvalue weighted by Gasteiger charge is -2.26. The fourth-order valence-electron chi connectivity index (χ4n) is 4.85. The van der Waals surface area contributed by atoms with Crippen LogP contribution in [0.1, 0.15) is 70.2 Å². The summed E-state index contributed by atoms with van der Waals surface area (Å²) in [5.41, 5.74) is 6.50. The van der Waals surface area contributed by atoms with Gasteiger partial charge in [0.25, 0.3) is 11.8 Å². The van der Waals surface area contributed by atoms with Gasteiger partial charge in [0.1, 0.15) is 5.00 Å². The first-order valence-corrected chi connectivity index (χ1v) is 14.9. The van der Waals surface area contributed by atoms with Crippen LogP contribution >= 0.6 is 11.3 Å². The van der Waals surface area contributed by atoms with E-state index in [9.17, 15) is 22.8 Å². The van der Waals surface area contributed by atoms with Crippen molar-refractivity contribution in [2.75, 3.05) is 31.5 Å². The molecular formula is C25H33N5O5S2. The van der Waals surface area contributed by atoms with Gasteiger partial charge in [-0.25, -0.2) is 13.2 Å². The van der Waals surface area contributed by atoms with Crippen molar-refractivity contribution in [3.8, 4) is 0 Å². The van der Waals surface area contributed by atoms with Gasteiger partial charge in [-0.1, -0.05) is 19.8 Å². The minimum atomic E-state index is -3.63. The van der Waals surface area contributed by atoms with Crippen LogP contribution in [0.3, 0.4) is 0 Å². The van der Waals surface area contributed by atoms with Gasteiger partial charge in [-0.15, -0.1) is 11.3 Å². The Morgan fingerprint density at radius 3 is 2.30 bits per heavy atom. The predicted octanol–water partition coefficient (Wildman–Crippen LogP) is 3.14. The molecule has 2 aliphatic rings. The fraction of sp³-hybridized carbons (Fsp3) is 0.480. The number of primary amides is 1. The Hall–Kier alpha value is -2.80. The van der Waals surface area contributed by atoms with Crippen molar-refractivity contribution in [2.45, 2.75) is 56.9 Å². The number of fused-ring (bicyclic) bond motifs is 1. The maximum Gasteiger partial charge on any atom is 0.319 e. The number of rotatable bonds is 7. The zero-order chi connectivity index (χ0) is 26.6. The SMILES string of the molecule is CCCN1CCc2c(sc(NC(=O)c3ccc(S(=O)(=O)N4CCCCCC4)cc3)c2C(=O)NC(N)=O)C1. The van der Waals surface area contributed by atoms with E-state index >= 15 is 0 Å². The molecule has 2 aromatic rings. The quantitative estimate of drug-likeness (QED) is 0.486. The van der Waals surface area contributed by atoms with Crippen molar-refractivity contribution in [3.05, 3.63) is 45.8 Å². The Balaban J connectivity index is 1.56. The van der Waals surface area contributed by atoms with Crippen molar-refractivity contribution < 1.29 is 22.8 Å². The highest BCUT2D eigenvalue weighted by Crippen LogP contribution is 2.37. The van der Waals surface area contributed by atoms with Gasteiger partial charge in [0.15, 0.2) is 0 Å². The summed E-state index contributed by atoms with van der Waals surface area (Å²) >= 11 is 1.31. The molecule has 200 valence electrons. The van der Waals surface area contributed by atoms with Gasteiger partial charge in [0.2, 0.25) is 10.0 Å². The lowest BCUT2D eigenvalue weighted by Crippen LogP contribution is -2.36. The van der Waals surface area contributed by atoms with Gasteiger partial charge < -0.3 is 11.1 Å². The molecule has 0 spiro atoms. The molecule has 4 amide bonds. The maximum absolute atomic E-state index is 13.1. The summed E-state index contributed by atoms with van der Waals surface area (Å²) in [6, 6.07) is 4.86. The lowest BCUT2D eigenvalue weighted by molar-refractivity contribution is 0.0965. The number of anilines is 1. The third-order valence-corrected chi connectivity index (χ3v) is 9.73. The third-order valence-electron chi connectivity index (χ3n) is 6.69. The molecule has 0 saturated carbocycles. The first-order chi connectivity index (χ1) is 17.7. The van der Waals surface area contributed by atoms with E-state index in [1.807, 2.05) is 0 Å². The van der Waals surface area contributed by atoms with Crippen LogP contribution in [0, 0.1) is 0 Å². The van der Waals surface area contributed by atoms with Crippen LogP contribution < -0.4 is 16.4 Å². The molecule has 4 rings (SSSR count). The molecule has 12 heteroatoms. The molecule has 0 radical (unpaired) electrons. The number of carbonyl (C=O) groups is 3. The smallest absolute Gasteiger partial charge is 0.319 e. The highest BCUT2D eigenvalue weighted by atomic mass is 32.2. The van der Waals surface area contributed by atoms with Crippen molar-refractivity contribution in [3.63, 3.8) is 0 Å². The van der Waals surface area contributed by atoms with Crippen LogP contribution in [0.15, 0.2) is 29.2 Å². The first kappa shape index (κ1) is 27.2.